The standard InChI is InChI=1S/C26H31F5N4O4Si/c1-40(2,3)9-8-38-15-35-13-18(26(29,30)31)22-21(4-6-32-24(22)35)39-23-19(27)10-17(11-20(23)28)34-25(36)33-12-16-5-7-37-14-16/h4,6,10-11,13,16H,5,7-9,12,14-15H2,1-3H3,(H2,33,34,36). The number of amides is 2. The normalized spacial score (nSPS) is 15.9. The first-order valence-corrected chi connectivity index (χ1v) is 16.4. The predicted molar refractivity (Wildman–Crippen MR) is 141 cm³/mol. The molecule has 0 aliphatic carbocycles. The Bertz CT molecular complexity index is 1330. The van der Waals surface area contributed by atoms with Crippen molar-refractivity contribution in [1.82, 2.24) is 14.9 Å². The van der Waals surface area contributed by atoms with Crippen molar-refractivity contribution in [3.63, 3.8) is 0 Å². The van der Waals surface area contributed by atoms with Crippen molar-refractivity contribution in [2.45, 2.75) is 45.0 Å². The Balaban J connectivity index is 1.54. The third kappa shape index (κ3) is 7.49. The van der Waals surface area contributed by atoms with Crippen LogP contribution in [-0.4, -0.2) is 50.0 Å². The Labute approximate surface area is 228 Å². The summed E-state index contributed by atoms with van der Waals surface area (Å²) in [5, 5.41) is 4.48. The van der Waals surface area contributed by atoms with Crippen LogP contribution in [-0.2, 0) is 22.4 Å². The SMILES string of the molecule is C[Si](C)(C)CCOCn1cc(C(F)(F)F)c2c(Oc3c(F)cc(NC(=O)NCC4CCOC4)cc3F)ccnc21. The number of pyridine rings is 1. The van der Waals surface area contributed by atoms with Gasteiger partial charge in [-0.25, -0.2) is 18.6 Å². The summed E-state index contributed by atoms with van der Waals surface area (Å²) in [4.78, 5) is 16.2. The van der Waals surface area contributed by atoms with Gasteiger partial charge in [0.25, 0.3) is 0 Å². The molecule has 0 bridgehead atoms. The third-order valence-corrected chi connectivity index (χ3v) is 8.00. The highest BCUT2D eigenvalue weighted by Crippen LogP contribution is 2.42. The molecule has 1 atom stereocenters. The summed E-state index contributed by atoms with van der Waals surface area (Å²) in [6, 6.07) is 2.88. The summed E-state index contributed by atoms with van der Waals surface area (Å²) in [6.45, 7) is 8.09. The zero-order valence-electron chi connectivity index (χ0n) is 22.3. The molecule has 0 radical (unpaired) electrons. The molecule has 4 rings (SSSR count). The molecule has 8 nitrogen and oxygen atoms in total. The highest BCUT2D eigenvalue weighted by Gasteiger charge is 2.37. The number of urea groups is 1. The second kappa shape index (κ2) is 12.1. The van der Waals surface area contributed by atoms with E-state index >= 15 is 0 Å². The topological polar surface area (TPSA) is 86.6 Å². The number of anilines is 1. The van der Waals surface area contributed by atoms with Crippen molar-refractivity contribution in [3.05, 3.63) is 47.8 Å². The van der Waals surface area contributed by atoms with Crippen LogP contribution in [0.5, 0.6) is 11.5 Å². The summed E-state index contributed by atoms with van der Waals surface area (Å²) in [6.07, 6.45) is -1.98. The van der Waals surface area contributed by atoms with Gasteiger partial charge in [-0.3, -0.25) is 0 Å². The maximum Gasteiger partial charge on any atom is 0.418 e. The zero-order valence-corrected chi connectivity index (χ0v) is 23.3. The van der Waals surface area contributed by atoms with Gasteiger partial charge >= 0.3 is 12.2 Å². The van der Waals surface area contributed by atoms with E-state index in [9.17, 15) is 26.7 Å². The second-order valence-electron chi connectivity index (χ2n) is 10.8. The Morgan fingerprint density at radius 3 is 2.58 bits per heavy atom. The lowest BCUT2D eigenvalue weighted by atomic mass is 10.1. The predicted octanol–water partition coefficient (Wildman–Crippen LogP) is 6.60. The maximum atomic E-state index is 14.9. The molecule has 0 spiro atoms. The van der Waals surface area contributed by atoms with E-state index in [0.717, 1.165) is 36.9 Å². The van der Waals surface area contributed by atoms with Crippen LogP contribution in [0, 0.1) is 17.6 Å². The smallest absolute Gasteiger partial charge is 0.418 e. The number of benzene rings is 1. The number of fused-ring (bicyclic) bond motifs is 1. The van der Waals surface area contributed by atoms with Crippen molar-refractivity contribution >= 4 is 30.8 Å². The maximum absolute atomic E-state index is 14.9. The van der Waals surface area contributed by atoms with Gasteiger partial charge < -0.3 is 29.4 Å². The summed E-state index contributed by atoms with van der Waals surface area (Å²) >= 11 is 0. The molecule has 218 valence electrons. The van der Waals surface area contributed by atoms with Crippen LogP contribution in [0.2, 0.25) is 25.7 Å². The van der Waals surface area contributed by atoms with Crippen LogP contribution >= 0.6 is 0 Å². The summed E-state index contributed by atoms with van der Waals surface area (Å²) in [5.41, 5.74) is -1.39. The van der Waals surface area contributed by atoms with Gasteiger partial charge in [-0.15, -0.1) is 0 Å². The van der Waals surface area contributed by atoms with E-state index in [2.05, 4.69) is 35.3 Å². The van der Waals surface area contributed by atoms with E-state index in [1.807, 2.05) is 0 Å². The number of aromatic nitrogens is 2. The van der Waals surface area contributed by atoms with Crippen molar-refractivity contribution < 1.29 is 41.0 Å². The van der Waals surface area contributed by atoms with E-state index in [0.29, 0.717) is 26.4 Å². The molecule has 3 heterocycles. The van der Waals surface area contributed by atoms with Crippen LogP contribution in [0.25, 0.3) is 11.0 Å². The number of nitrogens with one attached hydrogen (secondary N) is 2. The number of ether oxygens (including phenoxy) is 3. The van der Waals surface area contributed by atoms with Crippen molar-refractivity contribution in [2.24, 2.45) is 5.92 Å². The molecule has 2 N–H and O–H groups in total. The lowest BCUT2D eigenvalue weighted by molar-refractivity contribution is -0.136. The van der Waals surface area contributed by atoms with Crippen LogP contribution < -0.4 is 15.4 Å². The number of alkyl halides is 3. The molecule has 2 amide bonds. The van der Waals surface area contributed by atoms with E-state index < -0.39 is 54.4 Å². The average molecular weight is 587 g/mol. The van der Waals surface area contributed by atoms with Gasteiger partial charge in [0.2, 0.25) is 0 Å². The number of carbonyl (C=O) groups is 1. The van der Waals surface area contributed by atoms with Crippen LogP contribution in [0.4, 0.5) is 32.4 Å². The molecule has 3 aromatic rings. The van der Waals surface area contributed by atoms with Gasteiger partial charge in [-0.1, -0.05) is 19.6 Å². The first-order valence-electron chi connectivity index (χ1n) is 12.7. The summed E-state index contributed by atoms with van der Waals surface area (Å²) in [5.74, 6) is -3.64. The number of halogens is 5. The quantitative estimate of drug-likeness (QED) is 0.159. The van der Waals surface area contributed by atoms with Gasteiger partial charge in [0, 0.05) is 64.0 Å². The largest absolute Gasteiger partial charge is 0.450 e. The Kier molecular flexibility index (Phi) is 9.00. The fourth-order valence-electron chi connectivity index (χ4n) is 4.12. The molecule has 1 aromatic carbocycles. The van der Waals surface area contributed by atoms with E-state index in [-0.39, 0.29) is 24.0 Å². The minimum atomic E-state index is -4.80. The molecule has 1 unspecified atom stereocenters. The number of nitrogens with zero attached hydrogens (tertiary/aromatic N) is 2. The Hall–Kier alpha value is -3.23. The monoisotopic (exact) mass is 586 g/mol. The number of hydrogen-bond donors (Lipinski definition) is 2. The lowest BCUT2D eigenvalue weighted by Gasteiger charge is -2.15. The first-order chi connectivity index (χ1) is 18.8. The summed E-state index contributed by atoms with van der Waals surface area (Å²) in [7, 11) is -1.41. The van der Waals surface area contributed by atoms with Gasteiger partial charge in [0.1, 0.15) is 18.1 Å². The van der Waals surface area contributed by atoms with Gasteiger partial charge in [-0.05, 0) is 18.5 Å². The molecule has 14 heteroatoms. The molecular weight excluding hydrogens is 555 g/mol. The van der Waals surface area contributed by atoms with Crippen LogP contribution in [0.15, 0.2) is 30.6 Å². The number of hydrogen-bond acceptors (Lipinski definition) is 5. The highest BCUT2D eigenvalue weighted by atomic mass is 28.3. The Morgan fingerprint density at radius 1 is 1.23 bits per heavy atom. The van der Waals surface area contributed by atoms with Crippen molar-refractivity contribution in [2.75, 3.05) is 31.7 Å². The van der Waals surface area contributed by atoms with E-state index in [1.54, 1.807) is 0 Å². The third-order valence-electron chi connectivity index (χ3n) is 6.29. The molecule has 1 fully saturated rings. The first kappa shape index (κ1) is 29.7. The zero-order chi connectivity index (χ0) is 29.1. The fraction of sp³-hybridized carbons (Fsp3) is 0.462. The fourth-order valence-corrected chi connectivity index (χ4v) is 4.88. The molecule has 2 aromatic heterocycles. The molecular formula is C26H31F5N4O4Si. The molecule has 1 aliphatic rings. The number of carbonyl (C=O) groups excluding carboxylic acids is 1. The van der Waals surface area contributed by atoms with Crippen molar-refractivity contribution in [3.8, 4) is 11.5 Å². The van der Waals surface area contributed by atoms with Crippen LogP contribution in [0.1, 0.15) is 12.0 Å². The van der Waals surface area contributed by atoms with Gasteiger partial charge in [-0.2, -0.15) is 13.2 Å². The van der Waals surface area contributed by atoms with Crippen molar-refractivity contribution in [1.29, 1.82) is 0 Å². The van der Waals surface area contributed by atoms with E-state index in [4.69, 9.17) is 14.2 Å². The lowest BCUT2D eigenvalue weighted by Crippen LogP contribution is -2.33. The molecule has 1 saturated heterocycles. The summed E-state index contributed by atoms with van der Waals surface area (Å²) < 4.78 is 89.1. The minimum Gasteiger partial charge on any atom is -0.450 e. The highest BCUT2D eigenvalue weighted by molar-refractivity contribution is 6.76. The molecule has 40 heavy (non-hydrogen) atoms. The Morgan fingerprint density at radius 2 is 1.95 bits per heavy atom. The van der Waals surface area contributed by atoms with Crippen LogP contribution in [0.3, 0.4) is 0 Å². The average Bonchev–Trinajstić information content (AvgIpc) is 3.51. The minimum absolute atomic E-state index is 0.110. The number of rotatable bonds is 10. The second-order valence-corrected chi connectivity index (χ2v) is 16.4. The van der Waals surface area contributed by atoms with Gasteiger partial charge in [0.15, 0.2) is 17.4 Å². The molecule has 0 saturated carbocycles. The molecule has 1 aliphatic heterocycles. The van der Waals surface area contributed by atoms with E-state index in [1.165, 1.54) is 10.8 Å². The van der Waals surface area contributed by atoms with Gasteiger partial charge in [0.05, 0.1) is 17.6 Å².